The van der Waals surface area contributed by atoms with E-state index in [2.05, 4.69) is 119 Å². The highest BCUT2D eigenvalue weighted by Crippen LogP contribution is 2.42. The Morgan fingerprint density at radius 3 is 1.66 bits per heavy atom. The molecule has 0 N–H and O–H groups in total. The standard InChI is InChI=1S/C36H22N2/c1-2-29-22-28(11-16-34(29)38-19-1)23-3-5-24(6-4-23)30-12-7-26-10-15-33-31(25-17-20-37-21-18-25)13-8-27-9-14-32(30)35(26)36(27)33/h1-22H. The Labute approximate surface area is 220 Å². The number of aromatic nitrogens is 2. The second-order valence-electron chi connectivity index (χ2n) is 9.87. The molecular formula is C36H22N2. The second kappa shape index (κ2) is 8.22. The minimum Gasteiger partial charge on any atom is -0.265 e. The first kappa shape index (κ1) is 21.0. The molecule has 0 bridgehead atoms. The van der Waals surface area contributed by atoms with Crippen LogP contribution in [0, 0.1) is 0 Å². The molecular weight excluding hydrogens is 460 g/mol. The Kier molecular flexibility index (Phi) is 4.55. The molecule has 0 atom stereocenters. The summed E-state index contributed by atoms with van der Waals surface area (Å²) in [4.78, 5) is 8.67. The number of pyridine rings is 2. The van der Waals surface area contributed by atoms with Crippen LogP contribution >= 0.6 is 0 Å². The van der Waals surface area contributed by atoms with Crippen molar-refractivity contribution in [2.75, 3.05) is 0 Å². The third-order valence-corrected chi connectivity index (χ3v) is 7.79. The van der Waals surface area contributed by atoms with Gasteiger partial charge in [-0.05, 0) is 96.0 Å². The number of rotatable bonds is 3. The molecule has 0 aliphatic rings. The molecule has 0 amide bonds. The highest BCUT2D eigenvalue weighted by Gasteiger charge is 2.15. The average molecular weight is 483 g/mol. The van der Waals surface area contributed by atoms with Gasteiger partial charge in [0, 0.05) is 24.0 Å². The number of hydrogen-bond acceptors (Lipinski definition) is 2. The fourth-order valence-electron chi connectivity index (χ4n) is 5.93. The lowest BCUT2D eigenvalue weighted by Crippen LogP contribution is -1.89. The van der Waals surface area contributed by atoms with Crippen LogP contribution in [0.3, 0.4) is 0 Å². The zero-order chi connectivity index (χ0) is 25.1. The van der Waals surface area contributed by atoms with Crippen LogP contribution in [-0.4, -0.2) is 9.97 Å². The van der Waals surface area contributed by atoms with E-state index in [1.807, 2.05) is 24.7 Å². The number of nitrogens with zero attached hydrogens (tertiary/aromatic N) is 2. The van der Waals surface area contributed by atoms with Crippen LogP contribution in [-0.2, 0) is 0 Å². The van der Waals surface area contributed by atoms with Crippen LogP contribution < -0.4 is 0 Å². The van der Waals surface area contributed by atoms with Crippen molar-refractivity contribution in [1.29, 1.82) is 0 Å². The van der Waals surface area contributed by atoms with E-state index in [0.29, 0.717) is 0 Å². The Bertz CT molecular complexity index is 2110. The average Bonchev–Trinajstić information content (AvgIpc) is 3.00. The van der Waals surface area contributed by atoms with Gasteiger partial charge in [-0.1, -0.05) is 84.9 Å². The summed E-state index contributed by atoms with van der Waals surface area (Å²) in [7, 11) is 0. The maximum Gasteiger partial charge on any atom is 0.0702 e. The second-order valence-corrected chi connectivity index (χ2v) is 9.87. The van der Waals surface area contributed by atoms with E-state index in [9.17, 15) is 0 Å². The smallest absolute Gasteiger partial charge is 0.0702 e. The van der Waals surface area contributed by atoms with E-state index in [4.69, 9.17) is 0 Å². The first-order valence-corrected chi connectivity index (χ1v) is 12.9. The lowest BCUT2D eigenvalue weighted by molar-refractivity contribution is 1.33. The fraction of sp³-hybridized carbons (Fsp3) is 0. The highest BCUT2D eigenvalue weighted by atomic mass is 14.6. The maximum atomic E-state index is 4.45. The Hall–Kier alpha value is -5.08. The van der Waals surface area contributed by atoms with E-state index < -0.39 is 0 Å². The summed E-state index contributed by atoms with van der Waals surface area (Å²) in [5, 5.41) is 8.94. The molecule has 0 fully saturated rings. The van der Waals surface area contributed by atoms with Gasteiger partial charge in [0.1, 0.15) is 0 Å². The van der Waals surface area contributed by atoms with Crippen molar-refractivity contribution in [3.8, 4) is 33.4 Å². The first-order chi connectivity index (χ1) is 18.8. The maximum absolute atomic E-state index is 4.45. The van der Waals surface area contributed by atoms with Crippen LogP contribution in [0.25, 0.3) is 76.6 Å². The van der Waals surface area contributed by atoms with E-state index >= 15 is 0 Å². The summed E-state index contributed by atoms with van der Waals surface area (Å²) in [5.74, 6) is 0. The molecule has 176 valence electrons. The molecule has 2 heteroatoms. The first-order valence-electron chi connectivity index (χ1n) is 12.9. The van der Waals surface area contributed by atoms with Crippen LogP contribution in [0.2, 0.25) is 0 Å². The van der Waals surface area contributed by atoms with Crippen molar-refractivity contribution >= 4 is 43.2 Å². The molecule has 0 spiro atoms. The van der Waals surface area contributed by atoms with Gasteiger partial charge >= 0.3 is 0 Å². The lowest BCUT2D eigenvalue weighted by Gasteiger charge is -2.16. The van der Waals surface area contributed by atoms with Gasteiger partial charge in [0.05, 0.1) is 5.52 Å². The van der Waals surface area contributed by atoms with Gasteiger partial charge in [-0.3, -0.25) is 9.97 Å². The summed E-state index contributed by atoms with van der Waals surface area (Å²) in [6, 6.07) is 41.8. The van der Waals surface area contributed by atoms with Crippen molar-refractivity contribution in [3.63, 3.8) is 0 Å². The predicted octanol–water partition coefficient (Wildman–Crippen LogP) is 9.53. The molecule has 8 aromatic rings. The van der Waals surface area contributed by atoms with Gasteiger partial charge in [0.2, 0.25) is 0 Å². The van der Waals surface area contributed by atoms with Crippen LogP contribution in [0.1, 0.15) is 0 Å². The summed E-state index contributed by atoms with van der Waals surface area (Å²) in [5.41, 5.74) is 8.36. The van der Waals surface area contributed by atoms with E-state index in [-0.39, 0.29) is 0 Å². The molecule has 38 heavy (non-hydrogen) atoms. The van der Waals surface area contributed by atoms with Crippen molar-refractivity contribution in [2.24, 2.45) is 0 Å². The zero-order valence-electron chi connectivity index (χ0n) is 20.6. The number of hydrogen-bond donors (Lipinski definition) is 0. The molecule has 0 aliphatic heterocycles. The third kappa shape index (κ3) is 3.21. The van der Waals surface area contributed by atoms with Gasteiger partial charge in [-0.15, -0.1) is 0 Å². The van der Waals surface area contributed by atoms with Crippen molar-refractivity contribution in [3.05, 3.63) is 134 Å². The molecule has 0 saturated heterocycles. The summed E-state index contributed by atoms with van der Waals surface area (Å²) < 4.78 is 0. The highest BCUT2D eigenvalue weighted by molar-refractivity contribution is 6.27. The quantitative estimate of drug-likeness (QED) is 0.234. The Balaban J connectivity index is 1.29. The lowest BCUT2D eigenvalue weighted by atomic mass is 9.87. The van der Waals surface area contributed by atoms with E-state index in [1.165, 1.54) is 65.7 Å². The van der Waals surface area contributed by atoms with Crippen molar-refractivity contribution in [2.45, 2.75) is 0 Å². The molecule has 0 radical (unpaired) electrons. The monoisotopic (exact) mass is 482 g/mol. The summed E-state index contributed by atoms with van der Waals surface area (Å²) in [6.07, 6.45) is 5.57. The molecule has 6 aromatic carbocycles. The van der Waals surface area contributed by atoms with Crippen molar-refractivity contribution < 1.29 is 0 Å². The molecule has 2 aromatic heterocycles. The molecule has 8 rings (SSSR count). The molecule has 2 heterocycles. The minimum atomic E-state index is 1.02. The molecule has 0 saturated carbocycles. The van der Waals surface area contributed by atoms with Gasteiger partial charge in [0.15, 0.2) is 0 Å². The number of benzene rings is 6. The Morgan fingerprint density at radius 2 is 0.974 bits per heavy atom. The van der Waals surface area contributed by atoms with Crippen molar-refractivity contribution in [1.82, 2.24) is 9.97 Å². The largest absolute Gasteiger partial charge is 0.265 e. The van der Waals surface area contributed by atoms with Crippen LogP contribution in [0.4, 0.5) is 0 Å². The zero-order valence-corrected chi connectivity index (χ0v) is 20.6. The fourth-order valence-corrected chi connectivity index (χ4v) is 5.93. The SMILES string of the molecule is c1cnc2ccc(-c3ccc(-c4ccc5ccc6c(-c7ccncc7)ccc7ccc4c5c76)cc3)cc2c1. The van der Waals surface area contributed by atoms with Gasteiger partial charge < -0.3 is 0 Å². The number of fused-ring (bicyclic) bond motifs is 1. The third-order valence-electron chi connectivity index (χ3n) is 7.79. The topological polar surface area (TPSA) is 25.8 Å². The summed E-state index contributed by atoms with van der Waals surface area (Å²) in [6.45, 7) is 0. The predicted molar refractivity (Wildman–Crippen MR) is 160 cm³/mol. The summed E-state index contributed by atoms with van der Waals surface area (Å²) >= 11 is 0. The minimum absolute atomic E-state index is 1.02. The van der Waals surface area contributed by atoms with Gasteiger partial charge in [-0.25, -0.2) is 0 Å². The molecule has 0 aliphatic carbocycles. The van der Waals surface area contributed by atoms with Crippen LogP contribution in [0.15, 0.2) is 134 Å². The molecule has 0 unspecified atom stereocenters. The normalized spacial score (nSPS) is 11.7. The molecule has 2 nitrogen and oxygen atoms in total. The van der Waals surface area contributed by atoms with Gasteiger partial charge in [0.25, 0.3) is 0 Å². The van der Waals surface area contributed by atoms with Crippen LogP contribution in [0.5, 0.6) is 0 Å². The Morgan fingerprint density at radius 1 is 0.395 bits per heavy atom. The van der Waals surface area contributed by atoms with E-state index in [1.54, 1.807) is 0 Å². The van der Waals surface area contributed by atoms with Gasteiger partial charge in [-0.2, -0.15) is 0 Å². The van der Waals surface area contributed by atoms with E-state index in [0.717, 1.165) is 10.9 Å².